The van der Waals surface area contributed by atoms with Crippen LogP contribution in [-0.2, 0) is 11.2 Å². The maximum Gasteiger partial charge on any atom is 0.320 e. The normalized spacial score (nSPS) is 14.8. The third kappa shape index (κ3) is 2.64. The number of aliphatic carboxylic acids is 1. The molecule has 0 bridgehead atoms. The minimum atomic E-state index is -1.14. The Morgan fingerprint density at radius 2 is 2.11 bits per heavy atom. The fourth-order valence-corrected chi connectivity index (χ4v) is 2.12. The van der Waals surface area contributed by atoms with E-state index in [9.17, 15) is 9.59 Å². The third-order valence-corrected chi connectivity index (χ3v) is 3.09. The molecule has 1 aromatic rings. The SMILES string of the molecule is NC(Cc1c(Cl)cc(C=O)c2c1OCCO2)C(=O)O. The highest BCUT2D eigenvalue weighted by molar-refractivity contribution is 6.32. The van der Waals surface area contributed by atoms with E-state index in [-0.39, 0.29) is 17.0 Å². The van der Waals surface area contributed by atoms with Crippen molar-refractivity contribution < 1.29 is 24.2 Å². The van der Waals surface area contributed by atoms with E-state index in [1.165, 1.54) is 6.07 Å². The average Bonchev–Trinajstić information content (AvgIpc) is 2.41. The van der Waals surface area contributed by atoms with E-state index in [1.54, 1.807) is 0 Å². The van der Waals surface area contributed by atoms with Crippen molar-refractivity contribution in [1.29, 1.82) is 0 Å². The lowest BCUT2D eigenvalue weighted by Gasteiger charge is -2.23. The molecule has 6 nitrogen and oxygen atoms in total. The minimum Gasteiger partial charge on any atom is -0.486 e. The van der Waals surface area contributed by atoms with Crippen molar-refractivity contribution in [1.82, 2.24) is 0 Å². The fourth-order valence-electron chi connectivity index (χ4n) is 1.84. The first-order valence-corrected chi connectivity index (χ1v) is 5.97. The first-order valence-electron chi connectivity index (χ1n) is 5.59. The Bertz CT molecular complexity index is 531. The summed E-state index contributed by atoms with van der Waals surface area (Å²) in [4.78, 5) is 21.8. The van der Waals surface area contributed by atoms with Crippen molar-refractivity contribution in [2.24, 2.45) is 5.73 Å². The van der Waals surface area contributed by atoms with Gasteiger partial charge in [-0.15, -0.1) is 0 Å². The minimum absolute atomic E-state index is 0.000995. The number of carbonyl (C=O) groups is 2. The zero-order chi connectivity index (χ0) is 14.0. The molecule has 19 heavy (non-hydrogen) atoms. The molecule has 1 aromatic carbocycles. The number of carboxylic acids is 1. The van der Waals surface area contributed by atoms with Gasteiger partial charge in [0.15, 0.2) is 17.8 Å². The molecule has 0 saturated carbocycles. The van der Waals surface area contributed by atoms with Gasteiger partial charge in [-0.1, -0.05) is 11.6 Å². The van der Waals surface area contributed by atoms with Crippen LogP contribution in [0.5, 0.6) is 11.5 Å². The third-order valence-electron chi connectivity index (χ3n) is 2.76. The molecule has 102 valence electrons. The highest BCUT2D eigenvalue weighted by atomic mass is 35.5. The van der Waals surface area contributed by atoms with Gasteiger partial charge in [-0.3, -0.25) is 9.59 Å². The number of halogens is 1. The lowest BCUT2D eigenvalue weighted by Crippen LogP contribution is -2.33. The van der Waals surface area contributed by atoms with Gasteiger partial charge in [0.2, 0.25) is 0 Å². The largest absolute Gasteiger partial charge is 0.486 e. The van der Waals surface area contributed by atoms with Gasteiger partial charge >= 0.3 is 5.97 Å². The van der Waals surface area contributed by atoms with E-state index in [0.717, 1.165) is 0 Å². The van der Waals surface area contributed by atoms with Gasteiger partial charge in [0.05, 0.1) is 5.56 Å². The quantitative estimate of drug-likeness (QED) is 0.797. The molecule has 3 N–H and O–H groups in total. The second-order valence-electron chi connectivity index (χ2n) is 4.05. The maximum atomic E-state index is 11.0. The van der Waals surface area contributed by atoms with E-state index >= 15 is 0 Å². The molecule has 0 radical (unpaired) electrons. The predicted octanol–water partition coefficient (Wildman–Crippen LogP) is 0.878. The molecule has 0 fully saturated rings. The van der Waals surface area contributed by atoms with Crippen LogP contribution in [0.3, 0.4) is 0 Å². The lowest BCUT2D eigenvalue weighted by molar-refractivity contribution is -0.138. The molecule has 7 heteroatoms. The number of aldehydes is 1. The molecule has 0 aromatic heterocycles. The monoisotopic (exact) mass is 285 g/mol. The van der Waals surface area contributed by atoms with Crippen molar-refractivity contribution in [2.45, 2.75) is 12.5 Å². The fraction of sp³-hybridized carbons (Fsp3) is 0.333. The molecular weight excluding hydrogens is 274 g/mol. The van der Waals surface area contributed by atoms with Gasteiger partial charge in [0.1, 0.15) is 19.3 Å². The molecule has 0 aliphatic carbocycles. The summed E-state index contributed by atoms with van der Waals surface area (Å²) in [6, 6.07) is 0.320. The molecule has 0 spiro atoms. The van der Waals surface area contributed by atoms with Gasteiger partial charge < -0.3 is 20.3 Å². The summed E-state index contributed by atoms with van der Waals surface area (Å²) in [5.74, 6) is -0.545. The molecule has 1 aliphatic heterocycles. The average molecular weight is 286 g/mol. The lowest BCUT2D eigenvalue weighted by atomic mass is 10.0. The van der Waals surface area contributed by atoms with Crippen LogP contribution in [0.1, 0.15) is 15.9 Å². The Kier molecular flexibility index (Phi) is 3.92. The first kappa shape index (κ1) is 13.6. The second kappa shape index (κ2) is 5.46. The Balaban J connectivity index is 2.48. The van der Waals surface area contributed by atoms with Gasteiger partial charge in [-0.2, -0.15) is 0 Å². The summed E-state index contributed by atoms with van der Waals surface area (Å²) in [5.41, 5.74) is 6.21. The summed E-state index contributed by atoms with van der Waals surface area (Å²) < 4.78 is 10.8. The molecule has 2 rings (SSSR count). The number of rotatable bonds is 4. The van der Waals surface area contributed by atoms with Crippen LogP contribution in [-0.4, -0.2) is 36.6 Å². The summed E-state index contributed by atoms with van der Waals surface area (Å²) in [6.07, 6.45) is 0.610. The molecule has 0 saturated heterocycles. The van der Waals surface area contributed by atoms with Crippen LogP contribution in [0.4, 0.5) is 0 Å². The number of carboxylic acid groups (broad SMARTS) is 1. The standard InChI is InChI=1S/C12H12ClNO5/c13-8-3-6(5-15)10-11(19-2-1-18-10)7(8)4-9(14)12(16)17/h3,5,9H,1-2,4,14H2,(H,16,17). The Hall–Kier alpha value is -1.79. The van der Waals surface area contributed by atoms with Crippen LogP contribution < -0.4 is 15.2 Å². The molecule has 0 amide bonds. The number of hydrogen-bond acceptors (Lipinski definition) is 5. The van der Waals surface area contributed by atoms with Gasteiger partial charge in [-0.25, -0.2) is 0 Å². The highest BCUT2D eigenvalue weighted by Gasteiger charge is 2.25. The highest BCUT2D eigenvalue weighted by Crippen LogP contribution is 2.41. The molecule has 1 atom stereocenters. The topological polar surface area (TPSA) is 98.9 Å². The second-order valence-corrected chi connectivity index (χ2v) is 4.46. The summed E-state index contributed by atoms with van der Waals surface area (Å²) in [5, 5.41) is 9.08. The van der Waals surface area contributed by atoms with Crippen molar-refractivity contribution in [2.75, 3.05) is 13.2 Å². The van der Waals surface area contributed by atoms with E-state index in [2.05, 4.69) is 0 Å². The van der Waals surface area contributed by atoms with Crippen LogP contribution in [0.15, 0.2) is 6.07 Å². The summed E-state index contributed by atoms with van der Waals surface area (Å²) in [6.45, 7) is 0.626. The van der Waals surface area contributed by atoms with Crippen molar-refractivity contribution in [3.63, 3.8) is 0 Å². The van der Waals surface area contributed by atoms with E-state index in [1.807, 2.05) is 0 Å². The van der Waals surface area contributed by atoms with Crippen LogP contribution in [0.2, 0.25) is 5.02 Å². The van der Waals surface area contributed by atoms with E-state index < -0.39 is 12.0 Å². The number of carbonyl (C=O) groups excluding carboxylic acids is 1. The van der Waals surface area contributed by atoms with Crippen molar-refractivity contribution in [3.05, 3.63) is 22.2 Å². The number of hydrogen-bond donors (Lipinski definition) is 2. The Morgan fingerprint density at radius 3 is 2.68 bits per heavy atom. The summed E-state index contributed by atoms with van der Waals surface area (Å²) in [7, 11) is 0. The Morgan fingerprint density at radius 1 is 1.47 bits per heavy atom. The summed E-state index contributed by atoms with van der Waals surface area (Å²) >= 11 is 6.05. The van der Waals surface area contributed by atoms with Gasteiger partial charge in [-0.05, 0) is 6.07 Å². The zero-order valence-electron chi connectivity index (χ0n) is 9.89. The van der Waals surface area contributed by atoms with Gasteiger partial charge in [0, 0.05) is 17.0 Å². The predicted molar refractivity (Wildman–Crippen MR) is 67.1 cm³/mol. The first-order chi connectivity index (χ1) is 9.04. The van der Waals surface area contributed by atoms with Crippen LogP contribution >= 0.6 is 11.6 Å². The number of fused-ring (bicyclic) bond motifs is 1. The molecule has 1 heterocycles. The zero-order valence-corrected chi connectivity index (χ0v) is 10.6. The maximum absolute atomic E-state index is 11.0. The molecule has 1 unspecified atom stereocenters. The van der Waals surface area contributed by atoms with Crippen LogP contribution in [0, 0.1) is 0 Å². The van der Waals surface area contributed by atoms with E-state index in [0.29, 0.717) is 36.6 Å². The van der Waals surface area contributed by atoms with Crippen molar-refractivity contribution >= 4 is 23.9 Å². The molecular formula is C12H12ClNO5. The number of ether oxygens (including phenoxy) is 2. The Labute approximate surface area is 114 Å². The molecule has 1 aliphatic rings. The van der Waals surface area contributed by atoms with Crippen molar-refractivity contribution in [3.8, 4) is 11.5 Å². The van der Waals surface area contributed by atoms with E-state index in [4.69, 9.17) is 31.9 Å². The van der Waals surface area contributed by atoms with Gasteiger partial charge in [0.25, 0.3) is 0 Å². The smallest absolute Gasteiger partial charge is 0.320 e. The number of benzene rings is 1. The number of nitrogens with two attached hydrogens (primary N) is 1. The van der Waals surface area contributed by atoms with Crippen LogP contribution in [0.25, 0.3) is 0 Å².